The maximum Gasteiger partial charge on any atom is 0.137 e. The van der Waals surface area contributed by atoms with Crippen molar-refractivity contribution in [2.75, 3.05) is 5.32 Å². The number of pyridine rings is 1. The summed E-state index contributed by atoms with van der Waals surface area (Å²) in [6, 6.07) is 5.88. The molecule has 0 aromatic carbocycles. The fourth-order valence-electron chi connectivity index (χ4n) is 1.72. The molecule has 0 fully saturated rings. The third kappa shape index (κ3) is 3.76. The number of aromatic nitrogens is 3. The zero-order valence-corrected chi connectivity index (χ0v) is 13.8. The first-order valence-electron chi connectivity index (χ1n) is 6.56. The predicted molar refractivity (Wildman–Crippen MR) is 84.7 cm³/mol. The zero-order chi connectivity index (χ0) is 14.8. The van der Waals surface area contributed by atoms with Crippen molar-refractivity contribution in [1.29, 1.82) is 0 Å². The maximum atomic E-state index is 4.57. The van der Waals surface area contributed by atoms with Gasteiger partial charge in [0.2, 0.25) is 0 Å². The lowest BCUT2D eigenvalue weighted by atomic mass is 9.96. The smallest absolute Gasteiger partial charge is 0.137 e. The normalized spacial score (nSPS) is 11.4. The highest BCUT2D eigenvalue weighted by atomic mass is 79.9. The first-order valence-corrected chi connectivity index (χ1v) is 7.35. The van der Waals surface area contributed by atoms with Crippen molar-refractivity contribution in [3.63, 3.8) is 0 Å². The molecule has 2 aromatic heterocycles. The summed E-state index contributed by atoms with van der Waals surface area (Å²) in [7, 11) is 0. The van der Waals surface area contributed by atoms with Crippen molar-refractivity contribution >= 4 is 21.7 Å². The van der Waals surface area contributed by atoms with E-state index in [-0.39, 0.29) is 5.41 Å². The van der Waals surface area contributed by atoms with Crippen molar-refractivity contribution < 1.29 is 0 Å². The highest BCUT2D eigenvalue weighted by molar-refractivity contribution is 9.10. The average Bonchev–Trinajstić information content (AvgIpc) is 2.36. The van der Waals surface area contributed by atoms with Crippen molar-refractivity contribution in [3.8, 4) is 0 Å². The molecule has 0 aliphatic heterocycles. The van der Waals surface area contributed by atoms with E-state index in [4.69, 9.17) is 0 Å². The lowest BCUT2D eigenvalue weighted by Gasteiger charge is -2.18. The molecular weight excluding hydrogens is 316 g/mol. The van der Waals surface area contributed by atoms with Crippen LogP contribution in [0.1, 0.15) is 37.9 Å². The summed E-state index contributed by atoms with van der Waals surface area (Å²) in [6.07, 6.45) is 1.81. The Labute approximate surface area is 128 Å². The summed E-state index contributed by atoms with van der Waals surface area (Å²) >= 11 is 3.44. The second-order valence-electron chi connectivity index (χ2n) is 5.77. The number of hydrogen-bond acceptors (Lipinski definition) is 4. The molecule has 4 nitrogen and oxygen atoms in total. The Morgan fingerprint density at radius 1 is 1.25 bits per heavy atom. The number of aryl methyl sites for hydroxylation is 1. The standard InChI is InChI=1S/C15H19BrN4/c1-10-6-5-7-17-11(10)9-18-13-8-12(16)19-14(20-13)15(2,3)4/h5-8H,9H2,1-4H3,(H,18,19,20). The summed E-state index contributed by atoms with van der Waals surface area (Å²) in [6.45, 7) is 9.00. The van der Waals surface area contributed by atoms with Gasteiger partial charge in [0.15, 0.2) is 0 Å². The molecule has 106 valence electrons. The molecule has 0 atom stereocenters. The van der Waals surface area contributed by atoms with Crippen molar-refractivity contribution in [3.05, 3.63) is 46.1 Å². The highest BCUT2D eigenvalue weighted by Crippen LogP contribution is 2.22. The van der Waals surface area contributed by atoms with Crippen LogP contribution < -0.4 is 5.32 Å². The van der Waals surface area contributed by atoms with Gasteiger partial charge in [0, 0.05) is 17.7 Å². The molecule has 0 spiro atoms. The Morgan fingerprint density at radius 2 is 2.00 bits per heavy atom. The third-order valence-electron chi connectivity index (χ3n) is 2.92. The first kappa shape index (κ1) is 14.9. The number of halogens is 1. The highest BCUT2D eigenvalue weighted by Gasteiger charge is 2.18. The molecule has 0 bridgehead atoms. The van der Waals surface area contributed by atoms with E-state index in [1.165, 1.54) is 5.56 Å². The van der Waals surface area contributed by atoms with Gasteiger partial charge in [-0.05, 0) is 34.5 Å². The summed E-state index contributed by atoms with van der Waals surface area (Å²) in [5.74, 6) is 1.62. The Balaban J connectivity index is 2.18. The van der Waals surface area contributed by atoms with Crippen LogP contribution in [0.2, 0.25) is 0 Å². The van der Waals surface area contributed by atoms with Crippen LogP contribution in [0.15, 0.2) is 29.0 Å². The number of nitrogens with zero attached hydrogens (tertiary/aromatic N) is 3. The summed E-state index contributed by atoms with van der Waals surface area (Å²) in [5.41, 5.74) is 2.12. The number of nitrogens with one attached hydrogen (secondary N) is 1. The summed E-state index contributed by atoms with van der Waals surface area (Å²) in [4.78, 5) is 13.4. The van der Waals surface area contributed by atoms with Gasteiger partial charge >= 0.3 is 0 Å². The molecule has 1 N–H and O–H groups in total. The lowest BCUT2D eigenvalue weighted by Crippen LogP contribution is -2.17. The minimum Gasteiger partial charge on any atom is -0.364 e. The van der Waals surface area contributed by atoms with Crippen LogP contribution in [0.4, 0.5) is 5.82 Å². The van der Waals surface area contributed by atoms with Gasteiger partial charge in [-0.25, -0.2) is 9.97 Å². The SMILES string of the molecule is Cc1cccnc1CNc1cc(Br)nc(C(C)(C)C)n1. The molecule has 0 radical (unpaired) electrons. The van der Waals surface area contributed by atoms with Gasteiger partial charge in [0.25, 0.3) is 0 Å². The summed E-state index contributed by atoms with van der Waals surface area (Å²) in [5, 5.41) is 3.31. The van der Waals surface area contributed by atoms with E-state index in [1.54, 1.807) is 6.20 Å². The molecular formula is C15H19BrN4. The van der Waals surface area contributed by atoms with Gasteiger partial charge in [-0.2, -0.15) is 0 Å². The quantitative estimate of drug-likeness (QED) is 0.866. The van der Waals surface area contributed by atoms with Crippen molar-refractivity contribution in [2.24, 2.45) is 0 Å². The van der Waals surface area contributed by atoms with Crippen molar-refractivity contribution in [1.82, 2.24) is 15.0 Å². The van der Waals surface area contributed by atoms with Crippen molar-refractivity contribution in [2.45, 2.75) is 39.7 Å². The maximum absolute atomic E-state index is 4.57. The number of rotatable bonds is 3. The topological polar surface area (TPSA) is 50.7 Å². The first-order chi connectivity index (χ1) is 9.36. The molecule has 0 saturated heterocycles. The molecule has 0 saturated carbocycles. The minimum absolute atomic E-state index is 0.0822. The molecule has 0 aliphatic rings. The summed E-state index contributed by atoms with van der Waals surface area (Å²) < 4.78 is 0.790. The van der Waals surface area contributed by atoms with Gasteiger partial charge < -0.3 is 5.32 Å². The van der Waals surface area contributed by atoms with Crippen LogP contribution in [0, 0.1) is 6.92 Å². The van der Waals surface area contributed by atoms with Crippen LogP contribution in [0.3, 0.4) is 0 Å². The predicted octanol–water partition coefficient (Wildman–Crippen LogP) is 3.85. The van der Waals surface area contributed by atoms with E-state index >= 15 is 0 Å². The van der Waals surface area contributed by atoms with E-state index in [1.807, 2.05) is 12.1 Å². The molecule has 2 heterocycles. The van der Waals surface area contributed by atoms with E-state index < -0.39 is 0 Å². The third-order valence-corrected chi connectivity index (χ3v) is 3.33. The average molecular weight is 335 g/mol. The molecule has 0 amide bonds. The second kappa shape index (κ2) is 5.87. The molecule has 0 aliphatic carbocycles. The van der Waals surface area contributed by atoms with Gasteiger partial charge in [0.1, 0.15) is 16.2 Å². The van der Waals surface area contributed by atoms with Crippen LogP contribution >= 0.6 is 15.9 Å². The molecule has 0 unspecified atom stereocenters. The molecule has 2 aromatic rings. The number of hydrogen-bond donors (Lipinski definition) is 1. The van der Waals surface area contributed by atoms with E-state index in [9.17, 15) is 0 Å². The lowest BCUT2D eigenvalue weighted by molar-refractivity contribution is 0.544. The van der Waals surface area contributed by atoms with E-state index in [0.29, 0.717) is 6.54 Å². The molecule has 20 heavy (non-hydrogen) atoms. The van der Waals surface area contributed by atoms with Crippen LogP contribution in [0.5, 0.6) is 0 Å². The van der Waals surface area contributed by atoms with Crippen LogP contribution in [0.25, 0.3) is 0 Å². The van der Waals surface area contributed by atoms with Gasteiger partial charge in [-0.1, -0.05) is 26.8 Å². The van der Waals surface area contributed by atoms with E-state index in [2.05, 4.69) is 70.0 Å². The molecule has 2 rings (SSSR count). The van der Waals surface area contributed by atoms with Gasteiger partial charge in [-0.3, -0.25) is 4.98 Å². The monoisotopic (exact) mass is 334 g/mol. The Bertz CT molecular complexity index is 605. The Hall–Kier alpha value is -1.49. The van der Waals surface area contributed by atoms with Gasteiger partial charge in [-0.15, -0.1) is 0 Å². The minimum atomic E-state index is -0.0822. The fraction of sp³-hybridized carbons (Fsp3) is 0.400. The number of anilines is 1. The molecule has 5 heteroatoms. The van der Waals surface area contributed by atoms with Crippen LogP contribution in [-0.2, 0) is 12.0 Å². The second-order valence-corrected chi connectivity index (χ2v) is 6.58. The van der Waals surface area contributed by atoms with E-state index in [0.717, 1.165) is 21.9 Å². The Kier molecular flexibility index (Phi) is 4.38. The zero-order valence-electron chi connectivity index (χ0n) is 12.2. The van der Waals surface area contributed by atoms with Gasteiger partial charge in [0.05, 0.1) is 12.2 Å². The fourth-order valence-corrected chi connectivity index (χ4v) is 2.11. The van der Waals surface area contributed by atoms with Crippen LogP contribution in [-0.4, -0.2) is 15.0 Å². The Morgan fingerprint density at radius 3 is 2.65 bits per heavy atom. The largest absolute Gasteiger partial charge is 0.364 e.